The zero-order valence-corrected chi connectivity index (χ0v) is 21.8. The van der Waals surface area contributed by atoms with Crippen molar-refractivity contribution in [3.8, 4) is 0 Å². The molecule has 7 heteroatoms. The van der Waals surface area contributed by atoms with E-state index in [-0.39, 0.29) is 12.6 Å². The van der Waals surface area contributed by atoms with Crippen LogP contribution in [0, 0.1) is 20.8 Å². The van der Waals surface area contributed by atoms with E-state index in [2.05, 4.69) is 24.4 Å². The summed E-state index contributed by atoms with van der Waals surface area (Å²) in [6.45, 7) is 9.62. The first-order chi connectivity index (χ1) is 16.1. The molecule has 1 amide bonds. The van der Waals surface area contributed by atoms with E-state index in [4.69, 9.17) is 0 Å². The number of sulfonamides is 1. The SMILES string of the molecule is Cc1cc(C)c(S(=O)(=O)N(CC(=O)N/N=C/c2ccc(C(C)C)cc2)C2CCCCC2)c(C)c1. The first-order valence-corrected chi connectivity index (χ1v) is 13.5. The summed E-state index contributed by atoms with van der Waals surface area (Å²) in [6.07, 6.45) is 6.14. The number of nitrogens with zero attached hydrogens (tertiary/aromatic N) is 2. The second kappa shape index (κ2) is 11.3. The van der Waals surface area contributed by atoms with Crippen LogP contribution in [0.25, 0.3) is 0 Å². The van der Waals surface area contributed by atoms with Crippen molar-refractivity contribution in [1.82, 2.24) is 9.73 Å². The number of rotatable bonds is 8. The summed E-state index contributed by atoms with van der Waals surface area (Å²) < 4.78 is 29.0. The highest BCUT2D eigenvalue weighted by Gasteiger charge is 2.35. The van der Waals surface area contributed by atoms with Gasteiger partial charge in [-0.05, 0) is 61.8 Å². The first kappa shape index (κ1) is 26.1. The lowest BCUT2D eigenvalue weighted by atomic mass is 9.95. The van der Waals surface area contributed by atoms with Crippen LogP contribution in [0.4, 0.5) is 0 Å². The number of carbonyl (C=O) groups excluding carboxylic acids is 1. The zero-order chi connectivity index (χ0) is 24.9. The van der Waals surface area contributed by atoms with Gasteiger partial charge in [0.2, 0.25) is 10.0 Å². The highest BCUT2D eigenvalue weighted by atomic mass is 32.2. The van der Waals surface area contributed by atoms with Gasteiger partial charge in [0.1, 0.15) is 0 Å². The largest absolute Gasteiger partial charge is 0.272 e. The van der Waals surface area contributed by atoms with Gasteiger partial charge >= 0.3 is 0 Å². The van der Waals surface area contributed by atoms with Gasteiger partial charge in [-0.1, -0.05) is 75.1 Å². The molecule has 0 bridgehead atoms. The third-order valence-corrected chi connectivity index (χ3v) is 8.66. The van der Waals surface area contributed by atoms with E-state index in [0.29, 0.717) is 21.9 Å². The maximum absolute atomic E-state index is 13.8. The molecule has 0 aliphatic heterocycles. The Morgan fingerprint density at radius 2 is 1.65 bits per heavy atom. The first-order valence-electron chi connectivity index (χ1n) is 12.1. The molecule has 184 valence electrons. The summed E-state index contributed by atoms with van der Waals surface area (Å²) in [5, 5.41) is 4.07. The molecule has 0 aromatic heterocycles. The molecular formula is C27H37N3O3S. The Hall–Kier alpha value is -2.51. The average molecular weight is 484 g/mol. The molecule has 1 saturated carbocycles. The van der Waals surface area contributed by atoms with Gasteiger partial charge < -0.3 is 0 Å². The quantitative estimate of drug-likeness (QED) is 0.414. The van der Waals surface area contributed by atoms with Crippen molar-refractivity contribution in [1.29, 1.82) is 0 Å². The van der Waals surface area contributed by atoms with Crippen molar-refractivity contribution in [3.63, 3.8) is 0 Å². The smallest absolute Gasteiger partial charge is 0.255 e. The van der Waals surface area contributed by atoms with Gasteiger partial charge in [-0.25, -0.2) is 13.8 Å². The van der Waals surface area contributed by atoms with Gasteiger partial charge in [-0.15, -0.1) is 0 Å². The van der Waals surface area contributed by atoms with Crippen LogP contribution in [0.5, 0.6) is 0 Å². The lowest BCUT2D eigenvalue weighted by Crippen LogP contribution is -2.46. The maximum Gasteiger partial charge on any atom is 0.255 e. The van der Waals surface area contributed by atoms with Crippen LogP contribution in [0.15, 0.2) is 46.4 Å². The van der Waals surface area contributed by atoms with Crippen LogP contribution in [-0.2, 0) is 14.8 Å². The highest BCUT2D eigenvalue weighted by Crippen LogP contribution is 2.31. The van der Waals surface area contributed by atoms with Crippen molar-refractivity contribution in [2.24, 2.45) is 5.10 Å². The Labute approximate surface area is 204 Å². The van der Waals surface area contributed by atoms with E-state index in [0.717, 1.165) is 43.2 Å². The van der Waals surface area contributed by atoms with Gasteiger partial charge in [-0.2, -0.15) is 9.41 Å². The van der Waals surface area contributed by atoms with E-state index >= 15 is 0 Å². The topological polar surface area (TPSA) is 78.8 Å². The molecule has 6 nitrogen and oxygen atoms in total. The molecule has 2 aromatic rings. The van der Waals surface area contributed by atoms with E-state index < -0.39 is 15.9 Å². The minimum Gasteiger partial charge on any atom is -0.272 e. The Kier molecular flexibility index (Phi) is 8.66. The van der Waals surface area contributed by atoms with Crippen molar-refractivity contribution in [2.75, 3.05) is 6.54 Å². The predicted molar refractivity (Wildman–Crippen MR) is 138 cm³/mol. The van der Waals surface area contributed by atoms with Crippen LogP contribution >= 0.6 is 0 Å². The van der Waals surface area contributed by atoms with Gasteiger partial charge in [0.25, 0.3) is 5.91 Å². The molecule has 2 aromatic carbocycles. The lowest BCUT2D eigenvalue weighted by Gasteiger charge is -2.33. The second-order valence-corrected chi connectivity index (χ2v) is 11.5. The molecule has 34 heavy (non-hydrogen) atoms. The van der Waals surface area contributed by atoms with Crippen molar-refractivity contribution < 1.29 is 13.2 Å². The standard InChI is InChI=1S/C27H37N3O3S/c1-19(2)24-13-11-23(12-14-24)17-28-29-26(31)18-30(25-9-7-6-8-10-25)34(32,33)27-21(4)15-20(3)16-22(27)5/h11-17,19,25H,6-10,18H2,1-5H3,(H,29,31)/b28-17+. The summed E-state index contributed by atoms with van der Waals surface area (Å²) >= 11 is 0. The molecular weight excluding hydrogens is 446 g/mol. The molecule has 0 saturated heterocycles. The molecule has 1 aliphatic rings. The number of aryl methyl sites for hydroxylation is 3. The molecule has 0 heterocycles. The Balaban J connectivity index is 1.79. The number of nitrogens with one attached hydrogen (secondary N) is 1. The van der Waals surface area contributed by atoms with Crippen LogP contribution in [0.3, 0.4) is 0 Å². The number of hydrazone groups is 1. The molecule has 0 radical (unpaired) electrons. The minimum absolute atomic E-state index is 0.183. The second-order valence-electron chi connectivity index (χ2n) is 9.68. The van der Waals surface area contributed by atoms with Gasteiger partial charge in [0.05, 0.1) is 17.7 Å². The number of hydrogen-bond donors (Lipinski definition) is 1. The number of carbonyl (C=O) groups is 1. The Bertz CT molecular complexity index is 1110. The van der Waals surface area contributed by atoms with E-state index in [1.165, 1.54) is 9.87 Å². The average Bonchev–Trinajstić information content (AvgIpc) is 2.77. The van der Waals surface area contributed by atoms with Gasteiger partial charge in [0.15, 0.2) is 0 Å². The maximum atomic E-state index is 13.8. The Morgan fingerprint density at radius 3 is 2.21 bits per heavy atom. The Morgan fingerprint density at radius 1 is 1.06 bits per heavy atom. The third-order valence-electron chi connectivity index (χ3n) is 6.46. The molecule has 1 fully saturated rings. The molecule has 1 N–H and O–H groups in total. The molecule has 0 unspecified atom stereocenters. The predicted octanol–water partition coefficient (Wildman–Crippen LogP) is 5.21. The normalized spacial score (nSPS) is 15.4. The molecule has 0 atom stereocenters. The molecule has 3 rings (SSSR count). The van der Waals surface area contributed by atoms with Crippen molar-refractivity contribution >= 4 is 22.1 Å². The monoisotopic (exact) mass is 483 g/mol. The van der Waals surface area contributed by atoms with Crippen LogP contribution < -0.4 is 5.43 Å². The fourth-order valence-electron chi connectivity index (χ4n) is 4.79. The van der Waals surface area contributed by atoms with E-state index in [1.807, 2.05) is 57.2 Å². The fourth-order valence-corrected chi connectivity index (χ4v) is 6.85. The summed E-state index contributed by atoms with van der Waals surface area (Å²) in [5.74, 6) is 0.00540. The molecule has 0 spiro atoms. The summed E-state index contributed by atoms with van der Waals surface area (Å²) in [5.41, 5.74) is 7.06. The number of hydrogen-bond acceptors (Lipinski definition) is 4. The van der Waals surface area contributed by atoms with Crippen LogP contribution in [-0.4, -0.2) is 37.4 Å². The zero-order valence-electron chi connectivity index (χ0n) is 21.0. The fraction of sp³-hybridized carbons (Fsp3) is 0.481. The third kappa shape index (κ3) is 6.33. The van der Waals surface area contributed by atoms with Crippen LogP contribution in [0.2, 0.25) is 0 Å². The lowest BCUT2D eigenvalue weighted by molar-refractivity contribution is -0.121. The van der Waals surface area contributed by atoms with Gasteiger partial charge in [0, 0.05) is 6.04 Å². The summed E-state index contributed by atoms with van der Waals surface area (Å²) in [6, 6.07) is 11.6. The van der Waals surface area contributed by atoms with Crippen molar-refractivity contribution in [2.45, 2.75) is 83.6 Å². The number of amides is 1. The highest BCUT2D eigenvalue weighted by molar-refractivity contribution is 7.89. The van der Waals surface area contributed by atoms with Crippen LogP contribution in [0.1, 0.15) is 79.7 Å². The molecule has 1 aliphatic carbocycles. The summed E-state index contributed by atoms with van der Waals surface area (Å²) in [4.78, 5) is 13.1. The van der Waals surface area contributed by atoms with Gasteiger partial charge in [-0.3, -0.25) is 4.79 Å². The van der Waals surface area contributed by atoms with E-state index in [9.17, 15) is 13.2 Å². The minimum atomic E-state index is -3.84. The summed E-state index contributed by atoms with van der Waals surface area (Å²) in [7, 11) is -3.84. The van der Waals surface area contributed by atoms with Crippen molar-refractivity contribution in [3.05, 3.63) is 64.2 Å². The van der Waals surface area contributed by atoms with E-state index in [1.54, 1.807) is 6.21 Å². The number of benzene rings is 2.